The zero-order valence-corrected chi connectivity index (χ0v) is 40.9. The number of carbonyl (C=O) groups is 3. The molecule has 0 aromatic carbocycles. The van der Waals surface area contributed by atoms with Gasteiger partial charge in [-0.15, -0.1) is 0 Å². The second-order valence-electron chi connectivity index (χ2n) is 19.0. The molecule has 0 unspecified atom stereocenters. The summed E-state index contributed by atoms with van der Waals surface area (Å²) in [6.45, 7) is 9.04. The molecule has 0 aliphatic heterocycles. The number of esters is 3. The summed E-state index contributed by atoms with van der Waals surface area (Å²) < 4.78 is 16.8. The van der Waals surface area contributed by atoms with Gasteiger partial charge < -0.3 is 14.2 Å². The largest absolute Gasteiger partial charge is 0.462 e. The first-order valence-corrected chi connectivity index (χ1v) is 26.9. The third-order valence-electron chi connectivity index (χ3n) is 12.3. The second kappa shape index (κ2) is 48.4. The summed E-state index contributed by atoms with van der Waals surface area (Å²) in [5.74, 6) is 0.00261. The van der Waals surface area contributed by atoms with Crippen LogP contribution >= 0.6 is 0 Å². The maximum absolute atomic E-state index is 12.8. The van der Waals surface area contributed by atoms with E-state index in [1.807, 2.05) is 0 Å². The minimum atomic E-state index is -0.760. The fourth-order valence-corrected chi connectivity index (χ4v) is 8.22. The molecule has 0 heterocycles. The molecule has 0 fully saturated rings. The molecule has 0 spiro atoms. The molecule has 0 N–H and O–H groups in total. The van der Waals surface area contributed by atoms with Crippen molar-refractivity contribution in [2.24, 2.45) is 5.92 Å². The van der Waals surface area contributed by atoms with Crippen LogP contribution in [0, 0.1) is 5.92 Å². The third-order valence-corrected chi connectivity index (χ3v) is 12.3. The van der Waals surface area contributed by atoms with Gasteiger partial charge in [-0.25, -0.2) is 0 Å². The molecule has 0 amide bonds. The SMILES string of the molecule is CCCCCCCCCCCCCCCC(=O)OC[C@H](COC(=O)CCCCCCCCCCCCCC)OC(=O)CCCCCCCCCCCCCCCCC(C)C. The van der Waals surface area contributed by atoms with Crippen LogP contribution in [0.5, 0.6) is 0 Å². The molecule has 60 heavy (non-hydrogen) atoms. The van der Waals surface area contributed by atoms with Gasteiger partial charge in [-0.2, -0.15) is 0 Å². The zero-order chi connectivity index (χ0) is 43.8. The number of hydrogen-bond acceptors (Lipinski definition) is 6. The number of rotatable bonds is 49. The fourth-order valence-electron chi connectivity index (χ4n) is 8.22. The first-order chi connectivity index (χ1) is 29.4. The van der Waals surface area contributed by atoms with Crippen LogP contribution in [0.4, 0.5) is 0 Å². The van der Waals surface area contributed by atoms with Crippen LogP contribution < -0.4 is 0 Å². The molecule has 0 aromatic heterocycles. The molecule has 6 nitrogen and oxygen atoms in total. The van der Waals surface area contributed by atoms with E-state index >= 15 is 0 Å². The Labute approximate surface area is 374 Å². The van der Waals surface area contributed by atoms with Crippen molar-refractivity contribution in [1.29, 1.82) is 0 Å². The highest BCUT2D eigenvalue weighted by atomic mass is 16.6. The van der Waals surface area contributed by atoms with Crippen LogP contribution in [0.15, 0.2) is 0 Å². The van der Waals surface area contributed by atoms with Crippen molar-refractivity contribution in [1.82, 2.24) is 0 Å². The quantitative estimate of drug-likeness (QED) is 0.0345. The Hall–Kier alpha value is -1.59. The average Bonchev–Trinajstić information content (AvgIpc) is 3.23. The summed E-state index contributed by atoms with van der Waals surface area (Å²) >= 11 is 0. The van der Waals surface area contributed by atoms with Crippen molar-refractivity contribution in [2.75, 3.05) is 13.2 Å². The first-order valence-electron chi connectivity index (χ1n) is 26.9. The molecule has 1 atom stereocenters. The summed E-state index contributed by atoms with van der Waals surface area (Å²) in [5.41, 5.74) is 0. The second-order valence-corrected chi connectivity index (χ2v) is 19.0. The normalized spacial score (nSPS) is 11.9. The first kappa shape index (κ1) is 58.4. The minimum absolute atomic E-state index is 0.0623. The Kier molecular flexibility index (Phi) is 47.2. The monoisotopic (exact) mass is 849 g/mol. The average molecular weight is 849 g/mol. The predicted molar refractivity (Wildman–Crippen MR) is 257 cm³/mol. The van der Waals surface area contributed by atoms with E-state index in [0.717, 1.165) is 63.7 Å². The van der Waals surface area contributed by atoms with E-state index in [9.17, 15) is 14.4 Å². The van der Waals surface area contributed by atoms with Gasteiger partial charge in [0.25, 0.3) is 0 Å². The van der Waals surface area contributed by atoms with E-state index in [-0.39, 0.29) is 31.1 Å². The van der Waals surface area contributed by atoms with Crippen LogP contribution in [-0.4, -0.2) is 37.2 Å². The minimum Gasteiger partial charge on any atom is -0.462 e. The topological polar surface area (TPSA) is 78.9 Å². The van der Waals surface area contributed by atoms with Gasteiger partial charge in [0.2, 0.25) is 0 Å². The maximum Gasteiger partial charge on any atom is 0.306 e. The van der Waals surface area contributed by atoms with Gasteiger partial charge >= 0.3 is 17.9 Å². The van der Waals surface area contributed by atoms with Gasteiger partial charge in [0.15, 0.2) is 6.10 Å². The van der Waals surface area contributed by atoms with Gasteiger partial charge in [0.05, 0.1) is 0 Å². The molecule has 0 aliphatic rings. The van der Waals surface area contributed by atoms with Crippen LogP contribution in [0.3, 0.4) is 0 Å². The van der Waals surface area contributed by atoms with E-state index in [1.54, 1.807) is 0 Å². The molecule has 0 rings (SSSR count). The van der Waals surface area contributed by atoms with E-state index < -0.39 is 6.10 Å². The molecular weight excluding hydrogens is 745 g/mol. The van der Waals surface area contributed by atoms with Crippen LogP contribution in [0.1, 0.15) is 304 Å². The lowest BCUT2D eigenvalue weighted by atomic mass is 10.0. The smallest absolute Gasteiger partial charge is 0.306 e. The van der Waals surface area contributed by atoms with Crippen molar-refractivity contribution in [3.63, 3.8) is 0 Å². The fraction of sp³-hybridized carbons (Fsp3) is 0.944. The Morgan fingerprint density at radius 2 is 0.550 bits per heavy atom. The Bertz CT molecular complexity index is 903. The summed E-state index contributed by atoms with van der Waals surface area (Å²) in [6.07, 6.45) is 50.8. The zero-order valence-electron chi connectivity index (χ0n) is 40.9. The maximum atomic E-state index is 12.8. The van der Waals surface area contributed by atoms with Crippen molar-refractivity contribution < 1.29 is 28.6 Å². The van der Waals surface area contributed by atoms with E-state index in [2.05, 4.69) is 27.7 Å². The molecular formula is C54H104O6. The summed E-state index contributed by atoms with van der Waals surface area (Å²) in [5, 5.41) is 0. The molecule has 6 heteroatoms. The number of carbonyl (C=O) groups excluding carboxylic acids is 3. The predicted octanol–water partition coefficient (Wildman–Crippen LogP) is 17.5. The highest BCUT2D eigenvalue weighted by molar-refractivity contribution is 5.71. The molecule has 0 saturated heterocycles. The van der Waals surface area contributed by atoms with Gasteiger partial charge in [-0.1, -0.05) is 265 Å². The molecule has 0 aromatic rings. The van der Waals surface area contributed by atoms with Crippen molar-refractivity contribution >= 4 is 17.9 Å². The molecule has 0 radical (unpaired) electrons. The van der Waals surface area contributed by atoms with Crippen molar-refractivity contribution in [2.45, 2.75) is 310 Å². The third kappa shape index (κ3) is 47.5. The van der Waals surface area contributed by atoms with Crippen LogP contribution in [-0.2, 0) is 28.6 Å². The number of unbranched alkanes of at least 4 members (excludes halogenated alkanes) is 36. The van der Waals surface area contributed by atoms with Gasteiger partial charge in [0, 0.05) is 19.3 Å². The van der Waals surface area contributed by atoms with E-state index in [1.165, 1.54) is 199 Å². The lowest BCUT2D eigenvalue weighted by molar-refractivity contribution is -0.167. The highest BCUT2D eigenvalue weighted by Crippen LogP contribution is 2.17. The lowest BCUT2D eigenvalue weighted by Gasteiger charge is -2.18. The van der Waals surface area contributed by atoms with Gasteiger partial charge in [0.1, 0.15) is 13.2 Å². The number of ether oxygens (including phenoxy) is 3. The lowest BCUT2D eigenvalue weighted by Crippen LogP contribution is -2.30. The Morgan fingerprint density at radius 1 is 0.317 bits per heavy atom. The molecule has 356 valence electrons. The van der Waals surface area contributed by atoms with Gasteiger partial charge in [-0.3, -0.25) is 14.4 Å². The van der Waals surface area contributed by atoms with Gasteiger partial charge in [-0.05, 0) is 25.2 Å². The Morgan fingerprint density at radius 3 is 0.817 bits per heavy atom. The van der Waals surface area contributed by atoms with Crippen molar-refractivity contribution in [3.8, 4) is 0 Å². The summed E-state index contributed by atoms with van der Waals surface area (Å²) in [6, 6.07) is 0. The summed E-state index contributed by atoms with van der Waals surface area (Å²) in [7, 11) is 0. The van der Waals surface area contributed by atoms with Crippen molar-refractivity contribution in [3.05, 3.63) is 0 Å². The van der Waals surface area contributed by atoms with E-state index in [4.69, 9.17) is 14.2 Å². The summed E-state index contributed by atoms with van der Waals surface area (Å²) in [4.78, 5) is 38.0. The molecule has 0 aliphatic carbocycles. The highest BCUT2D eigenvalue weighted by Gasteiger charge is 2.19. The Balaban J connectivity index is 4.29. The van der Waals surface area contributed by atoms with E-state index in [0.29, 0.717) is 19.3 Å². The molecule has 0 saturated carbocycles. The molecule has 0 bridgehead atoms. The standard InChI is InChI=1S/C54H104O6/c1-5-7-9-11-13-15-17-21-26-30-34-38-42-46-53(56)59-49-51(48-58-52(55)45-41-37-33-29-25-18-16-14-12-10-8-6-2)60-54(57)47-43-39-35-31-27-23-20-19-22-24-28-32-36-40-44-50(3)4/h50-51H,5-49H2,1-4H3/t51-/m0/s1. The number of hydrogen-bond donors (Lipinski definition) is 0. The van der Waals surface area contributed by atoms with Crippen LogP contribution in [0.25, 0.3) is 0 Å². The van der Waals surface area contributed by atoms with Crippen LogP contribution in [0.2, 0.25) is 0 Å².